The highest BCUT2D eigenvalue weighted by atomic mass is 16.5. The zero-order chi connectivity index (χ0) is 17.5. The highest BCUT2D eigenvalue weighted by molar-refractivity contribution is 5.71. The summed E-state index contributed by atoms with van der Waals surface area (Å²) in [7, 11) is 0. The highest BCUT2D eigenvalue weighted by Crippen LogP contribution is 2.27. The van der Waals surface area contributed by atoms with Gasteiger partial charge < -0.3 is 15.2 Å². The van der Waals surface area contributed by atoms with Gasteiger partial charge in [-0.15, -0.1) is 0 Å². The summed E-state index contributed by atoms with van der Waals surface area (Å²) in [5.74, 6) is -1.02. The Morgan fingerprint density at radius 2 is 1.68 bits per heavy atom. The van der Waals surface area contributed by atoms with Gasteiger partial charge in [0.1, 0.15) is 6.10 Å². The molecule has 4 nitrogen and oxygen atoms in total. The second-order valence-electron chi connectivity index (χ2n) is 6.51. The van der Waals surface area contributed by atoms with Crippen LogP contribution in [-0.2, 0) is 9.53 Å². The first-order chi connectivity index (χ1) is 12.3. The molecule has 1 heterocycles. The minimum atomic E-state index is -0.708. The molecular formula is C21H25NO3. The second-order valence-corrected chi connectivity index (χ2v) is 6.51. The lowest BCUT2D eigenvalue weighted by atomic mass is 9.89. The van der Waals surface area contributed by atoms with Crippen molar-refractivity contribution >= 4 is 5.97 Å². The van der Waals surface area contributed by atoms with E-state index in [-0.39, 0.29) is 18.1 Å². The molecule has 0 saturated carbocycles. The van der Waals surface area contributed by atoms with E-state index in [9.17, 15) is 9.90 Å². The van der Waals surface area contributed by atoms with Crippen molar-refractivity contribution in [3.63, 3.8) is 0 Å². The van der Waals surface area contributed by atoms with Crippen molar-refractivity contribution in [2.45, 2.75) is 31.4 Å². The number of carboxylic acids is 1. The van der Waals surface area contributed by atoms with Crippen LogP contribution in [0.3, 0.4) is 0 Å². The summed E-state index contributed by atoms with van der Waals surface area (Å²) >= 11 is 0. The predicted octanol–water partition coefficient (Wildman–Crippen LogP) is 3.64. The highest BCUT2D eigenvalue weighted by Gasteiger charge is 2.30. The third-order valence-electron chi connectivity index (χ3n) is 4.82. The topological polar surface area (TPSA) is 58.6 Å². The van der Waals surface area contributed by atoms with Crippen LogP contribution >= 0.6 is 0 Å². The fourth-order valence-electron chi connectivity index (χ4n) is 3.51. The third-order valence-corrected chi connectivity index (χ3v) is 4.82. The molecule has 1 fully saturated rings. The molecule has 1 aliphatic rings. The maximum Gasteiger partial charge on any atom is 0.308 e. The normalized spacial score (nSPS) is 20.5. The third kappa shape index (κ3) is 4.68. The van der Waals surface area contributed by atoms with E-state index in [1.165, 1.54) is 0 Å². The maximum atomic E-state index is 11.4. The minimum absolute atomic E-state index is 0.0153. The standard InChI is InChI=1S/C21H25NO3/c23-21(24)18-12-7-14-22-19(18)13-15-25-20(16-8-3-1-4-9-16)17-10-5-2-6-11-17/h1-6,8-11,18-20,22H,7,12-15H2,(H,23,24). The largest absolute Gasteiger partial charge is 0.481 e. The van der Waals surface area contributed by atoms with E-state index in [0.717, 1.165) is 30.5 Å². The van der Waals surface area contributed by atoms with Gasteiger partial charge in [0, 0.05) is 12.6 Å². The van der Waals surface area contributed by atoms with Gasteiger partial charge in [-0.25, -0.2) is 0 Å². The fraction of sp³-hybridized carbons (Fsp3) is 0.381. The smallest absolute Gasteiger partial charge is 0.308 e. The van der Waals surface area contributed by atoms with Gasteiger partial charge in [-0.05, 0) is 36.9 Å². The zero-order valence-corrected chi connectivity index (χ0v) is 14.3. The second kappa shape index (κ2) is 8.79. The number of piperidine rings is 1. The fourth-order valence-corrected chi connectivity index (χ4v) is 3.51. The molecule has 2 unspecified atom stereocenters. The number of carboxylic acid groups (broad SMARTS) is 1. The van der Waals surface area contributed by atoms with Crippen LogP contribution in [0.2, 0.25) is 0 Å². The van der Waals surface area contributed by atoms with E-state index < -0.39 is 5.97 Å². The Hall–Kier alpha value is -2.17. The number of rotatable bonds is 7. The number of benzene rings is 2. The van der Waals surface area contributed by atoms with Crippen LogP contribution < -0.4 is 5.32 Å². The van der Waals surface area contributed by atoms with E-state index in [1.54, 1.807) is 0 Å². The van der Waals surface area contributed by atoms with Gasteiger partial charge >= 0.3 is 5.97 Å². The number of hydrogen-bond donors (Lipinski definition) is 2. The number of nitrogens with one attached hydrogen (secondary N) is 1. The number of hydrogen-bond acceptors (Lipinski definition) is 3. The molecule has 0 bridgehead atoms. The van der Waals surface area contributed by atoms with Gasteiger partial charge in [0.25, 0.3) is 0 Å². The number of ether oxygens (including phenoxy) is 1. The Morgan fingerprint density at radius 1 is 1.08 bits per heavy atom. The van der Waals surface area contributed by atoms with Gasteiger partial charge in [0.15, 0.2) is 0 Å². The first-order valence-electron chi connectivity index (χ1n) is 8.93. The van der Waals surface area contributed by atoms with Gasteiger partial charge in [0.05, 0.1) is 5.92 Å². The first kappa shape index (κ1) is 17.6. The van der Waals surface area contributed by atoms with Crippen molar-refractivity contribution in [1.29, 1.82) is 0 Å². The number of aliphatic carboxylic acids is 1. The van der Waals surface area contributed by atoms with Crippen LogP contribution in [0, 0.1) is 5.92 Å². The zero-order valence-electron chi connectivity index (χ0n) is 14.3. The van der Waals surface area contributed by atoms with Gasteiger partial charge in [-0.3, -0.25) is 4.79 Å². The minimum Gasteiger partial charge on any atom is -0.481 e. The van der Waals surface area contributed by atoms with Gasteiger partial charge in [0.2, 0.25) is 0 Å². The maximum absolute atomic E-state index is 11.4. The van der Waals surface area contributed by atoms with Crippen LogP contribution in [0.5, 0.6) is 0 Å². The molecule has 132 valence electrons. The summed E-state index contributed by atoms with van der Waals surface area (Å²) in [6.07, 6.45) is 2.24. The van der Waals surface area contributed by atoms with E-state index in [2.05, 4.69) is 29.6 Å². The molecule has 3 rings (SSSR count). The van der Waals surface area contributed by atoms with Crippen molar-refractivity contribution in [2.75, 3.05) is 13.2 Å². The predicted molar refractivity (Wildman–Crippen MR) is 97.4 cm³/mol. The van der Waals surface area contributed by atoms with Crippen LogP contribution in [0.15, 0.2) is 60.7 Å². The Bertz CT molecular complexity index is 620. The monoisotopic (exact) mass is 339 g/mol. The number of carbonyl (C=O) groups is 1. The molecule has 0 radical (unpaired) electrons. The summed E-state index contributed by atoms with van der Waals surface area (Å²) in [5.41, 5.74) is 2.22. The van der Waals surface area contributed by atoms with E-state index in [1.807, 2.05) is 36.4 Å². The average molecular weight is 339 g/mol. The molecule has 1 saturated heterocycles. The molecule has 0 spiro atoms. The lowest BCUT2D eigenvalue weighted by Gasteiger charge is -2.30. The van der Waals surface area contributed by atoms with Crippen LogP contribution in [0.4, 0.5) is 0 Å². The molecule has 2 aromatic carbocycles. The summed E-state index contributed by atoms with van der Waals surface area (Å²) in [6, 6.07) is 20.3. The summed E-state index contributed by atoms with van der Waals surface area (Å²) < 4.78 is 6.21. The Balaban J connectivity index is 1.66. The molecule has 2 atom stereocenters. The molecule has 0 aromatic heterocycles. The Labute approximate surface area is 148 Å². The molecule has 4 heteroatoms. The Kier molecular flexibility index (Phi) is 6.20. The van der Waals surface area contributed by atoms with Crippen molar-refractivity contribution in [3.8, 4) is 0 Å². The van der Waals surface area contributed by atoms with E-state index in [0.29, 0.717) is 13.0 Å². The van der Waals surface area contributed by atoms with Gasteiger partial charge in [-0.2, -0.15) is 0 Å². The molecule has 1 aliphatic heterocycles. The van der Waals surface area contributed by atoms with Gasteiger partial charge in [-0.1, -0.05) is 60.7 Å². The Morgan fingerprint density at radius 3 is 2.24 bits per heavy atom. The lowest BCUT2D eigenvalue weighted by molar-refractivity contribution is -0.143. The van der Waals surface area contributed by atoms with E-state index >= 15 is 0 Å². The van der Waals surface area contributed by atoms with Crippen LogP contribution in [-0.4, -0.2) is 30.3 Å². The average Bonchev–Trinajstić information content (AvgIpc) is 2.67. The van der Waals surface area contributed by atoms with Crippen molar-refractivity contribution in [1.82, 2.24) is 5.32 Å². The van der Waals surface area contributed by atoms with Crippen molar-refractivity contribution < 1.29 is 14.6 Å². The van der Waals surface area contributed by atoms with Crippen LogP contribution in [0.1, 0.15) is 36.5 Å². The molecule has 2 aromatic rings. The lowest BCUT2D eigenvalue weighted by Crippen LogP contribution is -2.45. The first-order valence-corrected chi connectivity index (χ1v) is 8.93. The van der Waals surface area contributed by atoms with Crippen LogP contribution in [0.25, 0.3) is 0 Å². The molecule has 2 N–H and O–H groups in total. The molecule has 25 heavy (non-hydrogen) atoms. The quantitative estimate of drug-likeness (QED) is 0.809. The molecular weight excluding hydrogens is 314 g/mol. The summed E-state index contributed by atoms with van der Waals surface area (Å²) in [5, 5.41) is 12.7. The van der Waals surface area contributed by atoms with E-state index in [4.69, 9.17) is 4.74 Å². The SMILES string of the molecule is O=C(O)C1CCCNC1CCOC(c1ccccc1)c1ccccc1. The molecule has 0 aliphatic carbocycles. The summed E-state index contributed by atoms with van der Waals surface area (Å²) in [4.78, 5) is 11.4. The van der Waals surface area contributed by atoms with Crippen molar-refractivity contribution in [2.24, 2.45) is 5.92 Å². The van der Waals surface area contributed by atoms with Crippen molar-refractivity contribution in [3.05, 3.63) is 71.8 Å². The summed E-state index contributed by atoms with van der Waals surface area (Å²) in [6.45, 7) is 1.41. The molecule has 0 amide bonds.